The van der Waals surface area contributed by atoms with E-state index < -0.39 is 0 Å². The molecule has 1 aromatic rings. The van der Waals surface area contributed by atoms with Gasteiger partial charge in [0, 0.05) is 19.2 Å². The van der Waals surface area contributed by atoms with Crippen molar-refractivity contribution in [2.75, 3.05) is 13.7 Å². The maximum absolute atomic E-state index is 9.21. The molecule has 2 nitrogen and oxygen atoms in total. The van der Waals surface area contributed by atoms with E-state index in [0.717, 1.165) is 6.54 Å². The van der Waals surface area contributed by atoms with Crippen molar-refractivity contribution in [3.63, 3.8) is 0 Å². The molecule has 0 amide bonds. The molecule has 0 bridgehead atoms. The molecule has 0 heterocycles. The van der Waals surface area contributed by atoms with Crippen molar-refractivity contribution in [2.45, 2.75) is 52.1 Å². The smallest absolute Gasteiger partial charge is 0.0459 e. The van der Waals surface area contributed by atoms with E-state index in [-0.39, 0.29) is 0 Å². The van der Waals surface area contributed by atoms with Gasteiger partial charge in [-0.05, 0) is 69.2 Å². The minimum Gasteiger partial charge on any atom is -0.396 e. The standard InChI is InChI=1S/C17H27NO/c1-13-5-4-6-14(2)17(13)11-18(3)16-9-7-15(12-19)8-10-16/h4-6,15-16,19H,7-12H2,1-3H3. The monoisotopic (exact) mass is 261 g/mol. The van der Waals surface area contributed by atoms with E-state index in [9.17, 15) is 5.11 Å². The molecule has 0 aromatic heterocycles. The zero-order valence-electron chi connectivity index (χ0n) is 12.5. The van der Waals surface area contributed by atoms with E-state index in [0.29, 0.717) is 18.6 Å². The molecule has 0 aliphatic heterocycles. The summed E-state index contributed by atoms with van der Waals surface area (Å²) < 4.78 is 0. The van der Waals surface area contributed by atoms with Gasteiger partial charge in [0.1, 0.15) is 0 Å². The summed E-state index contributed by atoms with van der Waals surface area (Å²) in [5.74, 6) is 0.546. The van der Waals surface area contributed by atoms with E-state index in [4.69, 9.17) is 0 Å². The SMILES string of the molecule is Cc1cccc(C)c1CN(C)C1CCC(CO)CC1. The highest BCUT2D eigenvalue weighted by Gasteiger charge is 2.23. The van der Waals surface area contributed by atoms with Gasteiger partial charge in [-0.1, -0.05) is 18.2 Å². The van der Waals surface area contributed by atoms with Gasteiger partial charge in [-0.15, -0.1) is 0 Å². The second kappa shape index (κ2) is 6.53. The Hall–Kier alpha value is -0.860. The van der Waals surface area contributed by atoms with Gasteiger partial charge in [0.15, 0.2) is 0 Å². The molecule has 1 saturated carbocycles. The Kier molecular flexibility index (Phi) is 5.00. The molecule has 19 heavy (non-hydrogen) atoms. The maximum atomic E-state index is 9.21. The molecular formula is C17H27NO. The second-order valence-corrected chi connectivity index (χ2v) is 6.14. The minimum atomic E-state index is 0.368. The fourth-order valence-corrected chi connectivity index (χ4v) is 3.25. The third-order valence-electron chi connectivity index (χ3n) is 4.75. The van der Waals surface area contributed by atoms with Crippen LogP contribution in [-0.4, -0.2) is 29.7 Å². The quantitative estimate of drug-likeness (QED) is 0.899. The molecule has 1 fully saturated rings. The first kappa shape index (κ1) is 14.5. The predicted octanol–water partition coefficient (Wildman–Crippen LogP) is 3.29. The molecule has 2 heteroatoms. The van der Waals surface area contributed by atoms with Gasteiger partial charge in [-0.25, -0.2) is 0 Å². The fraction of sp³-hybridized carbons (Fsp3) is 0.647. The normalized spacial score (nSPS) is 23.8. The molecule has 0 atom stereocenters. The molecule has 1 N–H and O–H groups in total. The third-order valence-corrected chi connectivity index (χ3v) is 4.75. The molecule has 2 rings (SSSR count). The summed E-state index contributed by atoms with van der Waals surface area (Å²) in [4.78, 5) is 2.50. The first-order valence-electron chi connectivity index (χ1n) is 7.48. The summed E-state index contributed by atoms with van der Waals surface area (Å²) in [6.07, 6.45) is 4.82. The van der Waals surface area contributed by atoms with Crippen LogP contribution in [0.3, 0.4) is 0 Å². The van der Waals surface area contributed by atoms with Crippen LogP contribution in [0.15, 0.2) is 18.2 Å². The van der Waals surface area contributed by atoms with Crippen LogP contribution in [0, 0.1) is 19.8 Å². The number of aryl methyl sites for hydroxylation is 2. The lowest BCUT2D eigenvalue weighted by Gasteiger charge is -2.34. The Morgan fingerprint density at radius 3 is 2.21 bits per heavy atom. The van der Waals surface area contributed by atoms with E-state index >= 15 is 0 Å². The van der Waals surface area contributed by atoms with Gasteiger partial charge in [-0.3, -0.25) is 4.90 Å². The molecule has 0 unspecified atom stereocenters. The Bertz CT molecular complexity index is 387. The van der Waals surface area contributed by atoms with Crippen LogP contribution in [-0.2, 0) is 6.54 Å². The number of hydrogen-bond acceptors (Lipinski definition) is 2. The van der Waals surface area contributed by atoms with Crippen molar-refractivity contribution < 1.29 is 5.11 Å². The summed E-state index contributed by atoms with van der Waals surface area (Å²) in [5.41, 5.74) is 4.28. The molecule has 1 aliphatic carbocycles. The second-order valence-electron chi connectivity index (χ2n) is 6.14. The van der Waals surface area contributed by atoms with Crippen molar-refractivity contribution in [3.8, 4) is 0 Å². The third kappa shape index (κ3) is 3.58. The molecule has 106 valence electrons. The Morgan fingerprint density at radius 2 is 1.68 bits per heavy atom. The van der Waals surface area contributed by atoms with Crippen molar-refractivity contribution in [1.82, 2.24) is 4.90 Å². The van der Waals surface area contributed by atoms with Gasteiger partial charge in [0.2, 0.25) is 0 Å². The molecule has 0 spiro atoms. The molecule has 0 saturated heterocycles. The fourth-order valence-electron chi connectivity index (χ4n) is 3.25. The van der Waals surface area contributed by atoms with Crippen LogP contribution in [0.25, 0.3) is 0 Å². The summed E-state index contributed by atoms with van der Waals surface area (Å²) in [7, 11) is 2.25. The summed E-state index contributed by atoms with van der Waals surface area (Å²) >= 11 is 0. The zero-order valence-corrected chi connectivity index (χ0v) is 12.5. The van der Waals surface area contributed by atoms with Crippen molar-refractivity contribution >= 4 is 0 Å². The predicted molar refractivity (Wildman–Crippen MR) is 80.2 cm³/mol. The van der Waals surface area contributed by atoms with Crippen LogP contribution >= 0.6 is 0 Å². The van der Waals surface area contributed by atoms with E-state index in [1.807, 2.05) is 0 Å². The van der Waals surface area contributed by atoms with Crippen LogP contribution in [0.5, 0.6) is 0 Å². The average Bonchev–Trinajstić information content (AvgIpc) is 2.43. The molecular weight excluding hydrogens is 234 g/mol. The Morgan fingerprint density at radius 1 is 1.11 bits per heavy atom. The topological polar surface area (TPSA) is 23.5 Å². The Labute approximate surface area is 117 Å². The maximum Gasteiger partial charge on any atom is 0.0459 e. The van der Waals surface area contributed by atoms with Gasteiger partial charge in [0.05, 0.1) is 0 Å². The molecule has 1 aromatic carbocycles. The average molecular weight is 261 g/mol. The van der Waals surface area contributed by atoms with Crippen LogP contribution in [0.4, 0.5) is 0 Å². The number of aliphatic hydroxyl groups excluding tert-OH is 1. The lowest BCUT2D eigenvalue weighted by Crippen LogP contribution is -2.35. The number of rotatable bonds is 4. The summed E-state index contributed by atoms with van der Waals surface area (Å²) in [6.45, 7) is 5.83. The summed E-state index contributed by atoms with van der Waals surface area (Å²) in [6, 6.07) is 7.24. The number of aliphatic hydroxyl groups is 1. The minimum absolute atomic E-state index is 0.368. The zero-order chi connectivity index (χ0) is 13.8. The van der Waals surface area contributed by atoms with Gasteiger partial charge in [0.25, 0.3) is 0 Å². The number of benzene rings is 1. The highest BCUT2D eigenvalue weighted by molar-refractivity contribution is 5.33. The summed E-state index contributed by atoms with van der Waals surface area (Å²) in [5, 5.41) is 9.21. The lowest BCUT2D eigenvalue weighted by molar-refractivity contribution is 0.124. The first-order chi connectivity index (χ1) is 9.11. The van der Waals surface area contributed by atoms with E-state index in [2.05, 4.69) is 44.0 Å². The molecule has 1 aliphatic rings. The van der Waals surface area contributed by atoms with E-state index in [1.165, 1.54) is 42.4 Å². The number of nitrogens with zero attached hydrogens (tertiary/aromatic N) is 1. The van der Waals surface area contributed by atoms with Crippen molar-refractivity contribution in [3.05, 3.63) is 34.9 Å². The van der Waals surface area contributed by atoms with E-state index in [1.54, 1.807) is 0 Å². The largest absolute Gasteiger partial charge is 0.396 e. The Balaban J connectivity index is 1.96. The highest BCUT2D eigenvalue weighted by atomic mass is 16.3. The van der Waals surface area contributed by atoms with Crippen LogP contribution < -0.4 is 0 Å². The lowest BCUT2D eigenvalue weighted by atomic mass is 9.85. The van der Waals surface area contributed by atoms with Crippen LogP contribution in [0.1, 0.15) is 42.4 Å². The van der Waals surface area contributed by atoms with Crippen molar-refractivity contribution in [2.24, 2.45) is 5.92 Å². The van der Waals surface area contributed by atoms with Crippen molar-refractivity contribution in [1.29, 1.82) is 0 Å². The van der Waals surface area contributed by atoms with Gasteiger partial charge in [-0.2, -0.15) is 0 Å². The molecule has 0 radical (unpaired) electrons. The highest BCUT2D eigenvalue weighted by Crippen LogP contribution is 2.28. The number of hydrogen-bond donors (Lipinski definition) is 1. The first-order valence-corrected chi connectivity index (χ1v) is 7.48. The van der Waals surface area contributed by atoms with Crippen LogP contribution in [0.2, 0.25) is 0 Å². The van der Waals surface area contributed by atoms with Gasteiger partial charge >= 0.3 is 0 Å². The van der Waals surface area contributed by atoms with Gasteiger partial charge < -0.3 is 5.11 Å².